The maximum Gasteiger partial charge on any atom is 0.543 e. The summed E-state index contributed by atoms with van der Waals surface area (Å²) in [5, 5.41) is 5.65. The fourth-order valence-electron chi connectivity index (χ4n) is 0.523. The molecule has 0 spiro atoms. The third kappa shape index (κ3) is 0.783. The maximum atomic E-state index is 3.83. The Hall–Kier alpha value is -0.820. The first kappa shape index (κ1) is 4.34. The van der Waals surface area contributed by atoms with Crippen LogP contribution < -0.4 is 0 Å². The lowest BCUT2D eigenvalue weighted by molar-refractivity contribution is 0.304. The number of nitrogens with zero attached hydrogens (tertiary/aromatic N) is 3. The lowest BCUT2D eigenvalue weighted by Gasteiger charge is -1.97. The van der Waals surface area contributed by atoms with E-state index in [1.807, 2.05) is 24.0 Å². The minimum atomic E-state index is 0.861. The van der Waals surface area contributed by atoms with Gasteiger partial charge in [0.2, 0.25) is 0 Å². The van der Waals surface area contributed by atoms with Gasteiger partial charge in [0.25, 0.3) is 0 Å². The van der Waals surface area contributed by atoms with Crippen LogP contribution in [0.25, 0.3) is 0 Å². The molecule has 3 heteroatoms. The first-order chi connectivity index (χ1) is 3.29. The first-order valence-corrected chi connectivity index (χ1v) is 2.17. The molecule has 38 valence electrons. The summed E-state index contributed by atoms with van der Waals surface area (Å²) < 4.78 is 0. The van der Waals surface area contributed by atoms with Gasteiger partial charge in [0.05, 0.1) is 7.05 Å². The van der Waals surface area contributed by atoms with E-state index >= 15 is 0 Å². The summed E-state index contributed by atoms with van der Waals surface area (Å²) in [5.41, 5.74) is 0. The summed E-state index contributed by atoms with van der Waals surface area (Å²) in [7, 11) is 3.85. The van der Waals surface area contributed by atoms with Crippen molar-refractivity contribution in [2.45, 2.75) is 0 Å². The molecule has 0 aromatic heterocycles. The van der Waals surface area contributed by atoms with Crippen LogP contribution in [0.15, 0.2) is 5.10 Å². The van der Waals surface area contributed by atoms with E-state index < -0.39 is 0 Å². The number of hydrogen-bond acceptors (Lipinski definition) is 3. The molecule has 0 unspecified atom stereocenters. The van der Waals surface area contributed by atoms with Crippen LogP contribution >= 0.6 is 0 Å². The maximum absolute atomic E-state index is 3.83. The van der Waals surface area contributed by atoms with Crippen LogP contribution in [0.1, 0.15) is 0 Å². The van der Waals surface area contributed by atoms with E-state index in [4.69, 9.17) is 0 Å². The molecule has 0 amide bonds. The number of hydrogen-bond donors (Lipinski definition) is 0. The van der Waals surface area contributed by atoms with E-state index in [-0.39, 0.29) is 0 Å². The fourth-order valence-corrected chi connectivity index (χ4v) is 0.523. The average molecular weight is 98.1 g/mol. The molecular weight excluding hydrogens is 90.1 g/mol. The van der Waals surface area contributed by atoms with E-state index in [2.05, 4.69) is 11.4 Å². The zero-order valence-electron chi connectivity index (χ0n) is 4.55. The Labute approximate surface area is 43.2 Å². The minimum Gasteiger partial charge on any atom is -0.228 e. The van der Waals surface area contributed by atoms with Crippen molar-refractivity contribution in [2.75, 3.05) is 20.8 Å². The van der Waals surface area contributed by atoms with Crippen molar-refractivity contribution in [3.8, 4) is 0 Å². The lowest BCUT2D eigenvalue weighted by atomic mass is 10.9. The molecule has 7 heavy (non-hydrogen) atoms. The van der Waals surface area contributed by atoms with E-state index in [1.54, 1.807) is 0 Å². The van der Waals surface area contributed by atoms with Crippen LogP contribution in [-0.4, -0.2) is 37.0 Å². The Bertz CT molecular complexity index is 78.9. The molecule has 1 heterocycles. The van der Waals surface area contributed by atoms with Gasteiger partial charge in [-0.05, 0) is 0 Å². The summed E-state index contributed by atoms with van der Waals surface area (Å²) in [6.45, 7) is 0.861. The summed E-state index contributed by atoms with van der Waals surface area (Å²) in [6.07, 6.45) is 2.75. The molecule has 0 atom stereocenters. The Morgan fingerprint density at radius 1 is 1.57 bits per heavy atom. The van der Waals surface area contributed by atoms with Gasteiger partial charge < -0.3 is 0 Å². The summed E-state index contributed by atoms with van der Waals surface area (Å²) >= 11 is 0. The monoisotopic (exact) mass is 98.1 g/mol. The van der Waals surface area contributed by atoms with Crippen LogP contribution in [-0.2, 0) is 0 Å². The second-order valence-electron chi connectivity index (χ2n) is 1.70. The Kier molecular flexibility index (Phi) is 0.839. The number of hydrazone groups is 1. The first-order valence-electron chi connectivity index (χ1n) is 2.17. The molecule has 0 aromatic carbocycles. The highest BCUT2D eigenvalue weighted by Crippen LogP contribution is 1.92. The van der Waals surface area contributed by atoms with Crippen molar-refractivity contribution in [1.29, 1.82) is 0 Å². The molecule has 0 radical (unpaired) electrons. The standard InChI is InChI=1S/C4H8N3/c1-6-3-5-7(2)4-6/h4H2,1-2H3/q+1. The van der Waals surface area contributed by atoms with Crippen LogP contribution in [0.3, 0.4) is 0 Å². The average Bonchev–Trinajstić information content (AvgIpc) is 1.87. The molecule has 1 rings (SSSR count). The number of rotatable bonds is 0. The molecular formula is C4H8N3+. The minimum absolute atomic E-state index is 0.861. The largest absolute Gasteiger partial charge is 0.543 e. The Balaban J connectivity index is 2.42. The molecule has 0 bridgehead atoms. The smallest absolute Gasteiger partial charge is 0.228 e. The van der Waals surface area contributed by atoms with Crippen LogP contribution in [0.5, 0.6) is 0 Å². The SMILES string of the molecule is CN1[C+]=NN(C)C1. The fraction of sp³-hybridized carbons (Fsp3) is 0.750. The molecule has 1 aliphatic heterocycles. The summed E-state index contributed by atoms with van der Waals surface area (Å²) in [4.78, 5) is 1.89. The van der Waals surface area contributed by atoms with Gasteiger partial charge in [-0.25, -0.2) is 5.01 Å². The van der Waals surface area contributed by atoms with Crippen LogP contribution in [0.4, 0.5) is 0 Å². The Morgan fingerprint density at radius 2 is 2.29 bits per heavy atom. The van der Waals surface area contributed by atoms with Crippen molar-refractivity contribution in [3.63, 3.8) is 0 Å². The third-order valence-corrected chi connectivity index (χ3v) is 0.803. The molecule has 3 nitrogen and oxygen atoms in total. The molecule has 0 aliphatic carbocycles. The highest BCUT2D eigenvalue weighted by atomic mass is 15.6. The second kappa shape index (κ2) is 1.35. The summed E-state index contributed by atoms with van der Waals surface area (Å²) in [6, 6.07) is 0. The highest BCUT2D eigenvalue weighted by Gasteiger charge is 2.18. The molecule has 1 aliphatic rings. The van der Waals surface area contributed by atoms with Crippen molar-refractivity contribution in [1.82, 2.24) is 9.91 Å². The third-order valence-electron chi connectivity index (χ3n) is 0.803. The zero-order chi connectivity index (χ0) is 5.28. The van der Waals surface area contributed by atoms with Crippen molar-refractivity contribution in [3.05, 3.63) is 0 Å². The summed E-state index contributed by atoms with van der Waals surface area (Å²) in [5.74, 6) is 0. The van der Waals surface area contributed by atoms with Gasteiger partial charge in [-0.2, -0.15) is 0 Å². The van der Waals surface area contributed by atoms with Gasteiger partial charge in [-0.3, -0.25) is 0 Å². The van der Waals surface area contributed by atoms with Crippen molar-refractivity contribution in [2.24, 2.45) is 5.10 Å². The topological polar surface area (TPSA) is 18.8 Å². The van der Waals surface area contributed by atoms with Gasteiger partial charge >= 0.3 is 6.34 Å². The van der Waals surface area contributed by atoms with Crippen LogP contribution in [0.2, 0.25) is 0 Å². The van der Waals surface area contributed by atoms with Gasteiger partial charge in [0.1, 0.15) is 5.10 Å². The molecule has 0 fully saturated rings. The van der Waals surface area contributed by atoms with E-state index in [1.165, 1.54) is 0 Å². The quantitative estimate of drug-likeness (QED) is 0.385. The Morgan fingerprint density at radius 3 is 2.43 bits per heavy atom. The predicted molar refractivity (Wildman–Crippen MR) is 27.8 cm³/mol. The van der Waals surface area contributed by atoms with Crippen LogP contribution in [0, 0.1) is 0 Å². The van der Waals surface area contributed by atoms with E-state index in [0.29, 0.717) is 0 Å². The second-order valence-corrected chi connectivity index (χ2v) is 1.70. The van der Waals surface area contributed by atoms with Gasteiger partial charge in [0.15, 0.2) is 6.67 Å². The highest BCUT2D eigenvalue weighted by molar-refractivity contribution is 5.55. The van der Waals surface area contributed by atoms with Crippen molar-refractivity contribution >= 4 is 6.34 Å². The molecule has 0 saturated heterocycles. The predicted octanol–water partition coefficient (Wildman–Crippen LogP) is -0.359. The normalized spacial score (nSPS) is 18.0. The van der Waals surface area contributed by atoms with Gasteiger partial charge in [0, 0.05) is 7.05 Å². The van der Waals surface area contributed by atoms with E-state index in [0.717, 1.165) is 6.67 Å². The van der Waals surface area contributed by atoms with Gasteiger partial charge in [-0.1, -0.05) is 0 Å². The van der Waals surface area contributed by atoms with Gasteiger partial charge in [-0.15, -0.1) is 4.90 Å². The zero-order valence-corrected chi connectivity index (χ0v) is 4.55. The van der Waals surface area contributed by atoms with Crippen molar-refractivity contribution < 1.29 is 0 Å². The lowest BCUT2D eigenvalue weighted by Crippen LogP contribution is -2.19. The van der Waals surface area contributed by atoms with E-state index in [9.17, 15) is 0 Å². The molecule has 0 saturated carbocycles. The molecule has 0 aromatic rings. The molecule has 0 N–H and O–H groups in total.